The summed E-state index contributed by atoms with van der Waals surface area (Å²) in [6.07, 6.45) is 6.16. The highest BCUT2D eigenvalue weighted by molar-refractivity contribution is 5.93. The average Bonchev–Trinajstić information content (AvgIpc) is 2.92. The molecule has 1 unspecified atom stereocenters. The molecule has 1 aromatic carbocycles. The second-order valence-corrected chi connectivity index (χ2v) is 7.59. The minimum atomic E-state index is -0.549. The van der Waals surface area contributed by atoms with E-state index in [1.54, 1.807) is 0 Å². The molecule has 0 saturated carbocycles. The summed E-state index contributed by atoms with van der Waals surface area (Å²) in [7, 11) is 0. The minimum Gasteiger partial charge on any atom is -0.354 e. The summed E-state index contributed by atoms with van der Waals surface area (Å²) in [6, 6.07) is 8.31. The van der Waals surface area contributed by atoms with Crippen molar-refractivity contribution in [2.24, 2.45) is 5.92 Å². The Morgan fingerprint density at radius 1 is 1.04 bits per heavy atom. The molecule has 3 amide bonds. The van der Waals surface area contributed by atoms with Crippen LogP contribution >= 0.6 is 0 Å². The highest BCUT2D eigenvalue weighted by Gasteiger charge is 2.23. The molecule has 1 aliphatic rings. The third-order valence-corrected chi connectivity index (χ3v) is 4.92. The number of hydrogen-bond acceptors (Lipinski definition) is 3. The molecule has 6 heteroatoms. The van der Waals surface area contributed by atoms with E-state index in [-0.39, 0.29) is 17.9 Å². The molecule has 3 N–H and O–H groups in total. The van der Waals surface area contributed by atoms with Crippen LogP contribution in [0.2, 0.25) is 0 Å². The summed E-state index contributed by atoms with van der Waals surface area (Å²) >= 11 is 0. The number of carbonyl (C=O) groups excluding carboxylic acids is 2. The van der Waals surface area contributed by atoms with Crippen LogP contribution in [0.3, 0.4) is 0 Å². The van der Waals surface area contributed by atoms with E-state index in [0.717, 1.165) is 13.0 Å². The van der Waals surface area contributed by atoms with Gasteiger partial charge in [0.05, 0.1) is 0 Å². The fourth-order valence-electron chi connectivity index (χ4n) is 3.35. The van der Waals surface area contributed by atoms with E-state index in [9.17, 15) is 9.59 Å². The van der Waals surface area contributed by atoms with E-state index in [0.29, 0.717) is 12.2 Å². The van der Waals surface area contributed by atoms with Crippen LogP contribution in [0.4, 0.5) is 10.5 Å². The molecule has 2 rings (SSSR count). The van der Waals surface area contributed by atoms with E-state index < -0.39 is 6.04 Å². The van der Waals surface area contributed by atoms with E-state index in [1.165, 1.54) is 38.8 Å². The second-order valence-electron chi connectivity index (χ2n) is 7.59. The third-order valence-electron chi connectivity index (χ3n) is 4.92. The first-order valence-electron chi connectivity index (χ1n) is 10.2. The maximum Gasteiger partial charge on any atom is 0.319 e. The number of benzene rings is 1. The van der Waals surface area contributed by atoms with Gasteiger partial charge < -0.3 is 20.9 Å². The number of anilines is 1. The van der Waals surface area contributed by atoms with Crippen molar-refractivity contribution in [3.8, 4) is 0 Å². The van der Waals surface area contributed by atoms with Crippen molar-refractivity contribution in [2.75, 3.05) is 31.5 Å². The zero-order chi connectivity index (χ0) is 19.5. The van der Waals surface area contributed by atoms with E-state index in [4.69, 9.17) is 0 Å². The second kappa shape index (κ2) is 11.6. The fraction of sp³-hybridized carbons (Fsp3) is 0.619. The van der Waals surface area contributed by atoms with Gasteiger partial charge in [-0.3, -0.25) is 4.79 Å². The van der Waals surface area contributed by atoms with Crippen molar-refractivity contribution in [3.05, 3.63) is 30.3 Å². The van der Waals surface area contributed by atoms with Crippen molar-refractivity contribution < 1.29 is 9.59 Å². The Bertz CT molecular complexity index is 569. The fourth-order valence-corrected chi connectivity index (χ4v) is 3.35. The van der Waals surface area contributed by atoms with Crippen molar-refractivity contribution in [1.82, 2.24) is 15.5 Å². The molecule has 6 nitrogen and oxygen atoms in total. The molecular formula is C21H34N4O2. The molecule has 0 spiro atoms. The normalized spacial score (nSPS) is 16.4. The molecular weight excluding hydrogens is 340 g/mol. The topological polar surface area (TPSA) is 73.5 Å². The molecule has 0 aromatic heterocycles. The lowest BCUT2D eigenvalue weighted by atomic mass is 10.0. The minimum absolute atomic E-state index is 0.0112. The lowest BCUT2D eigenvalue weighted by Gasteiger charge is -2.23. The number of para-hydroxylation sites is 1. The molecule has 1 fully saturated rings. The summed E-state index contributed by atoms with van der Waals surface area (Å²) in [5.41, 5.74) is 0.704. The maximum absolute atomic E-state index is 12.5. The summed E-state index contributed by atoms with van der Waals surface area (Å²) in [5, 5.41) is 8.53. The average molecular weight is 375 g/mol. The Hall–Kier alpha value is -2.08. The number of carbonyl (C=O) groups is 2. The smallest absolute Gasteiger partial charge is 0.319 e. The Kier molecular flexibility index (Phi) is 9.11. The summed E-state index contributed by atoms with van der Waals surface area (Å²) < 4.78 is 0. The van der Waals surface area contributed by atoms with Gasteiger partial charge in [0, 0.05) is 12.2 Å². The molecule has 150 valence electrons. The summed E-state index contributed by atoms with van der Waals surface area (Å²) in [5.74, 6) is -0.110. The van der Waals surface area contributed by atoms with Gasteiger partial charge in [-0.2, -0.15) is 0 Å². The van der Waals surface area contributed by atoms with Crippen molar-refractivity contribution in [3.63, 3.8) is 0 Å². The summed E-state index contributed by atoms with van der Waals surface area (Å²) in [4.78, 5) is 27.2. The molecule has 27 heavy (non-hydrogen) atoms. The highest BCUT2D eigenvalue weighted by Crippen LogP contribution is 2.10. The van der Waals surface area contributed by atoms with Crippen LogP contribution in [-0.4, -0.2) is 49.1 Å². The monoisotopic (exact) mass is 374 g/mol. The molecule has 1 atom stereocenters. The van der Waals surface area contributed by atoms with E-state index in [2.05, 4.69) is 20.9 Å². The van der Waals surface area contributed by atoms with Crippen molar-refractivity contribution in [2.45, 2.75) is 52.0 Å². The molecule has 1 aliphatic heterocycles. The van der Waals surface area contributed by atoms with Gasteiger partial charge in [-0.1, -0.05) is 44.9 Å². The number of amides is 3. The van der Waals surface area contributed by atoms with Crippen LogP contribution in [0.15, 0.2) is 30.3 Å². The summed E-state index contributed by atoms with van der Waals surface area (Å²) in [6.45, 7) is 7.87. The number of likely N-dealkylation sites (tertiary alicyclic amines) is 1. The van der Waals surface area contributed by atoms with Gasteiger partial charge in [-0.05, 0) is 56.9 Å². The van der Waals surface area contributed by atoms with Crippen LogP contribution < -0.4 is 16.0 Å². The molecule has 0 radical (unpaired) electrons. The highest BCUT2D eigenvalue weighted by atomic mass is 16.2. The quantitative estimate of drug-likeness (QED) is 0.612. The van der Waals surface area contributed by atoms with Crippen LogP contribution in [0.1, 0.15) is 46.0 Å². The molecule has 1 saturated heterocycles. The predicted octanol–water partition coefficient (Wildman–Crippen LogP) is 3.22. The number of nitrogens with zero attached hydrogens (tertiary/aromatic N) is 1. The first kappa shape index (κ1) is 21.2. The van der Waals surface area contributed by atoms with Crippen LogP contribution in [0.25, 0.3) is 0 Å². The lowest BCUT2D eigenvalue weighted by Crippen LogP contribution is -2.51. The van der Waals surface area contributed by atoms with Gasteiger partial charge in [0.15, 0.2) is 0 Å². The zero-order valence-corrected chi connectivity index (χ0v) is 16.7. The Balaban J connectivity index is 1.72. The number of hydrogen-bond donors (Lipinski definition) is 3. The molecule has 0 bridgehead atoms. The lowest BCUT2D eigenvalue weighted by molar-refractivity contribution is -0.123. The molecule has 0 aliphatic carbocycles. The zero-order valence-electron chi connectivity index (χ0n) is 16.7. The molecule has 1 aromatic rings. The van der Waals surface area contributed by atoms with Gasteiger partial charge in [0.1, 0.15) is 6.04 Å². The maximum atomic E-state index is 12.5. The van der Waals surface area contributed by atoms with Crippen molar-refractivity contribution in [1.29, 1.82) is 0 Å². The van der Waals surface area contributed by atoms with E-state index in [1.807, 2.05) is 44.2 Å². The van der Waals surface area contributed by atoms with Gasteiger partial charge in [-0.25, -0.2) is 4.79 Å². The predicted molar refractivity (Wildman–Crippen MR) is 110 cm³/mol. The van der Waals surface area contributed by atoms with Gasteiger partial charge in [0.2, 0.25) is 5.91 Å². The standard InChI is InChI=1S/C21H34N4O2/c1-17(2)19(24-21(27)23-18-11-6-5-7-12-18)20(26)22-13-10-16-25-14-8-3-4-9-15-25/h5-7,11-12,17,19H,3-4,8-10,13-16H2,1-2H3,(H,22,26)(H2,23,24,27). The number of urea groups is 1. The Morgan fingerprint density at radius 2 is 1.70 bits per heavy atom. The first-order valence-corrected chi connectivity index (χ1v) is 10.2. The van der Waals surface area contributed by atoms with Gasteiger partial charge >= 0.3 is 6.03 Å². The van der Waals surface area contributed by atoms with Crippen LogP contribution in [0.5, 0.6) is 0 Å². The SMILES string of the molecule is CC(C)C(NC(=O)Nc1ccccc1)C(=O)NCCCN1CCCCCC1. The molecule has 1 heterocycles. The Morgan fingerprint density at radius 3 is 2.33 bits per heavy atom. The number of rotatable bonds is 8. The third kappa shape index (κ3) is 7.99. The first-order chi connectivity index (χ1) is 13.1. The van der Waals surface area contributed by atoms with E-state index >= 15 is 0 Å². The van der Waals surface area contributed by atoms with Gasteiger partial charge in [-0.15, -0.1) is 0 Å². The number of nitrogens with one attached hydrogen (secondary N) is 3. The van der Waals surface area contributed by atoms with Gasteiger partial charge in [0.25, 0.3) is 0 Å². The Labute approximate surface area is 163 Å². The van der Waals surface area contributed by atoms with Crippen molar-refractivity contribution >= 4 is 17.6 Å². The van der Waals surface area contributed by atoms with Crippen LogP contribution in [-0.2, 0) is 4.79 Å². The van der Waals surface area contributed by atoms with Crippen LogP contribution in [0, 0.1) is 5.92 Å². The largest absolute Gasteiger partial charge is 0.354 e.